The van der Waals surface area contributed by atoms with Gasteiger partial charge in [0.05, 0.1) is 5.92 Å². The van der Waals surface area contributed by atoms with Crippen LogP contribution in [0.15, 0.2) is 54.6 Å². The number of likely N-dealkylation sites (tertiary alicyclic amines) is 1. The number of carboxylic acid groups (broad SMARTS) is 1. The molecule has 118 valence electrons. The fourth-order valence-electron chi connectivity index (χ4n) is 3.14. The molecule has 4 nitrogen and oxygen atoms in total. The molecule has 1 aliphatic rings. The third-order valence-electron chi connectivity index (χ3n) is 4.45. The fraction of sp³-hybridized carbons (Fsp3) is 0.263. The maximum absolute atomic E-state index is 12.6. The molecule has 0 bridgehead atoms. The number of rotatable bonds is 3. The van der Waals surface area contributed by atoms with E-state index in [2.05, 4.69) is 0 Å². The molecular weight excluding hydrogens is 290 g/mol. The normalized spacial score (nSPS) is 20.5. The summed E-state index contributed by atoms with van der Waals surface area (Å²) in [6.07, 6.45) is 0. The number of nitrogens with zero attached hydrogens (tertiary/aromatic N) is 1. The predicted molar refractivity (Wildman–Crippen MR) is 87.4 cm³/mol. The standard InChI is InChI=1S/C19H19NO3/c1-13-7-9-15(10-8-13)18(21)20-11-16(17(12-20)19(22)23)14-5-3-2-4-6-14/h2-10,16-17H,11-12H2,1H3,(H,22,23)/t16-,17-/m0/s1. The van der Waals surface area contributed by atoms with Crippen LogP contribution in [-0.2, 0) is 4.79 Å². The third kappa shape index (κ3) is 3.11. The Morgan fingerprint density at radius 2 is 1.65 bits per heavy atom. The third-order valence-corrected chi connectivity index (χ3v) is 4.45. The van der Waals surface area contributed by atoms with Gasteiger partial charge in [-0.2, -0.15) is 0 Å². The fourth-order valence-corrected chi connectivity index (χ4v) is 3.14. The molecule has 0 aromatic heterocycles. The lowest BCUT2D eigenvalue weighted by atomic mass is 9.89. The molecule has 1 fully saturated rings. The predicted octanol–water partition coefficient (Wildman–Crippen LogP) is 2.94. The van der Waals surface area contributed by atoms with Gasteiger partial charge < -0.3 is 10.0 Å². The van der Waals surface area contributed by atoms with Crippen molar-refractivity contribution in [3.63, 3.8) is 0 Å². The zero-order valence-electron chi connectivity index (χ0n) is 13.0. The summed E-state index contributed by atoms with van der Waals surface area (Å²) in [5.74, 6) is -1.68. The Morgan fingerprint density at radius 3 is 2.26 bits per heavy atom. The highest BCUT2D eigenvalue weighted by atomic mass is 16.4. The molecule has 1 saturated heterocycles. The molecular formula is C19H19NO3. The topological polar surface area (TPSA) is 57.6 Å². The highest BCUT2D eigenvalue weighted by Gasteiger charge is 2.40. The van der Waals surface area contributed by atoms with Gasteiger partial charge in [-0.1, -0.05) is 48.0 Å². The molecule has 1 heterocycles. The second kappa shape index (κ2) is 6.24. The van der Waals surface area contributed by atoms with E-state index in [9.17, 15) is 14.7 Å². The van der Waals surface area contributed by atoms with Crippen LogP contribution in [0.2, 0.25) is 0 Å². The number of aryl methyl sites for hydroxylation is 1. The van der Waals surface area contributed by atoms with Crippen molar-refractivity contribution >= 4 is 11.9 Å². The molecule has 0 unspecified atom stereocenters. The van der Waals surface area contributed by atoms with E-state index in [1.807, 2.05) is 49.4 Å². The van der Waals surface area contributed by atoms with Crippen LogP contribution < -0.4 is 0 Å². The summed E-state index contributed by atoms with van der Waals surface area (Å²) >= 11 is 0. The number of carbonyl (C=O) groups is 2. The minimum atomic E-state index is -0.849. The minimum absolute atomic E-state index is 0.102. The highest BCUT2D eigenvalue weighted by molar-refractivity contribution is 5.95. The molecule has 0 aliphatic carbocycles. The molecule has 2 aromatic rings. The van der Waals surface area contributed by atoms with Crippen molar-refractivity contribution in [2.75, 3.05) is 13.1 Å². The number of aliphatic carboxylic acids is 1. The lowest BCUT2D eigenvalue weighted by Gasteiger charge is -2.16. The van der Waals surface area contributed by atoms with E-state index in [1.54, 1.807) is 17.0 Å². The second-order valence-corrected chi connectivity index (χ2v) is 6.04. The summed E-state index contributed by atoms with van der Waals surface area (Å²) in [4.78, 5) is 25.9. The first-order chi connectivity index (χ1) is 11.1. The van der Waals surface area contributed by atoms with E-state index >= 15 is 0 Å². The maximum Gasteiger partial charge on any atom is 0.308 e. The van der Waals surface area contributed by atoms with Crippen LogP contribution in [0.5, 0.6) is 0 Å². The quantitative estimate of drug-likeness (QED) is 0.948. The Bertz CT molecular complexity index is 709. The zero-order chi connectivity index (χ0) is 16.4. The van der Waals surface area contributed by atoms with Gasteiger partial charge >= 0.3 is 5.97 Å². The van der Waals surface area contributed by atoms with Crippen molar-refractivity contribution in [1.29, 1.82) is 0 Å². The second-order valence-electron chi connectivity index (χ2n) is 6.04. The lowest BCUT2D eigenvalue weighted by molar-refractivity contribution is -0.141. The van der Waals surface area contributed by atoms with E-state index < -0.39 is 11.9 Å². The first kappa shape index (κ1) is 15.3. The monoisotopic (exact) mass is 309 g/mol. The number of hydrogen-bond donors (Lipinski definition) is 1. The van der Waals surface area contributed by atoms with Gasteiger partial charge in [-0.05, 0) is 24.6 Å². The van der Waals surface area contributed by atoms with Gasteiger partial charge in [-0.3, -0.25) is 9.59 Å². The summed E-state index contributed by atoms with van der Waals surface area (Å²) in [7, 11) is 0. The van der Waals surface area contributed by atoms with E-state index in [4.69, 9.17) is 0 Å². The largest absolute Gasteiger partial charge is 0.481 e. The van der Waals surface area contributed by atoms with Gasteiger partial charge in [0.1, 0.15) is 0 Å². The van der Waals surface area contributed by atoms with Gasteiger partial charge in [0, 0.05) is 24.6 Å². The van der Waals surface area contributed by atoms with Crippen LogP contribution in [0.1, 0.15) is 27.4 Å². The Hall–Kier alpha value is -2.62. The summed E-state index contributed by atoms with van der Waals surface area (Å²) in [6.45, 7) is 2.66. The molecule has 3 rings (SSSR count). The SMILES string of the molecule is Cc1ccc(C(=O)N2C[C@H](C(=O)O)[C@H](c3ccccc3)C2)cc1. The van der Waals surface area contributed by atoms with Crippen molar-refractivity contribution in [2.24, 2.45) is 5.92 Å². The van der Waals surface area contributed by atoms with Crippen LogP contribution in [0.3, 0.4) is 0 Å². The zero-order valence-corrected chi connectivity index (χ0v) is 13.0. The summed E-state index contributed by atoms with van der Waals surface area (Å²) in [6, 6.07) is 17.0. The number of benzene rings is 2. The molecule has 2 aromatic carbocycles. The van der Waals surface area contributed by atoms with E-state index in [0.717, 1.165) is 11.1 Å². The molecule has 0 saturated carbocycles. The Labute approximate surface area is 135 Å². The van der Waals surface area contributed by atoms with Crippen molar-refractivity contribution in [1.82, 2.24) is 4.90 Å². The van der Waals surface area contributed by atoms with Gasteiger partial charge in [-0.15, -0.1) is 0 Å². The summed E-state index contributed by atoms with van der Waals surface area (Å²) in [5, 5.41) is 9.51. The number of amides is 1. The van der Waals surface area contributed by atoms with Crippen LogP contribution >= 0.6 is 0 Å². The van der Waals surface area contributed by atoms with Crippen molar-refractivity contribution < 1.29 is 14.7 Å². The Kier molecular flexibility index (Phi) is 4.15. The van der Waals surface area contributed by atoms with Crippen LogP contribution in [-0.4, -0.2) is 35.0 Å². The van der Waals surface area contributed by atoms with Crippen molar-refractivity contribution in [2.45, 2.75) is 12.8 Å². The van der Waals surface area contributed by atoms with Gasteiger partial charge in [0.2, 0.25) is 0 Å². The molecule has 2 atom stereocenters. The van der Waals surface area contributed by atoms with Gasteiger partial charge in [0.15, 0.2) is 0 Å². The smallest absolute Gasteiger partial charge is 0.308 e. The molecule has 1 N–H and O–H groups in total. The molecule has 1 amide bonds. The highest BCUT2D eigenvalue weighted by Crippen LogP contribution is 2.33. The average molecular weight is 309 g/mol. The average Bonchev–Trinajstić information content (AvgIpc) is 3.01. The maximum atomic E-state index is 12.6. The molecule has 0 spiro atoms. The first-order valence-electron chi connectivity index (χ1n) is 7.70. The molecule has 0 radical (unpaired) electrons. The first-order valence-corrected chi connectivity index (χ1v) is 7.70. The van der Waals surface area contributed by atoms with Gasteiger partial charge in [0.25, 0.3) is 5.91 Å². The molecule has 4 heteroatoms. The minimum Gasteiger partial charge on any atom is -0.481 e. The van der Waals surface area contributed by atoms with E-state index in [1.165, 1.54) is 0 Å². The summed E-state index contributed by atoms with van der Waals surface area (Å²) in [5.41, 5.74) is 2.67. The van der Waals surface area contributed by atoms with Crippen LogP contribution in [0.4, 0.5) is 0 Å². The number of hydrogen-bond acceptors (Lipinski definition) is 2. The van der Waals surface area contributed by atoms with E-state index in [0.29, 0.717) is 12.1 Å². The van der Waals surface area contributed by atoms with Crippen LogP contribution in [0.25, 0.3) is 0 Å². The Balaban J connectivity index is 1.84. The summed E-state index contributed by atoms with van der Waals surface area (Å²) < 4.78 is 0. The van der Waals surface area contributed by atoms with Crippen LogP contribution in [0, 0.1) is 12.8 Å². The number of carbonyl (C=O) groups excluding carboxylic acids is 1. The lowest BCUT2D eigenvalue weighted by Crippen LogP contribution is -2.29. The van der Waals surface area contributed by atoms with E-state index in [-0.39, 0.29) is 18.4 Å². The van der Waals surface area contributed by atoms with Crippen molar-refractivity contribution in [3.05, 3.63) is 71.3 Å². The molecule has 1 aliphatic heterocycles. The number of carboxylic acids is 1. The van der Waals surface area contributed by atoms with Crippen molar-refractivity contribution in [3.8, 4) is 0 Å². The van der Waals surface area contributed by atoms with Gasteiger partial charge in [-0.25, -0.2) is 0 Å². The Morgan fingerprint density at radius 1 is 1.00 bits per heavy atom. The molecule has 23 heavy (non-hydrogen) atoms.